The number of anilines is 1. The zero-order valence-electron chi connectivity index (χ0n) is 12.2. The average Bonchev–Trinajstić information content (AvgIpc) is 2.76. The highest BCUT2D eigenvalue weighted by atomic mass is 16.5. The maximum atomic E-state index is 11.8. The van der Waals surface area contributed by atoms with E-state index in [1.54, 1.807) is 0 Å². The molecule has 0 saturated heterocycles. The van der Waals surface area contributed by atoms with Crippen LogP contribution in [0.5, 0.6) is 0 Å². The molecular weight excluding hydrogens is 254 g/mol. The predicted octanol–water partition coefficient (Wildman–Crippen LogP) is 2.44. The third kappa shape index (κ3) is 2.82. The molecule has 2 aromatic rings. The fourth-order valence-electron chi connectivity index (χ4n) is 2.00. The highest BCUT2D eigenvalue weighted by Gasteiger charge is 2.12. The van der Waals surface area contributed by atoms with Gasteiger partial charge >= 0.3 is 5.97 Å². The molecule has 0 aliphatic rings. The lowest BCUT2D eigenvalue weighted by atomic mass is 10.1. The predicted molar refractivity (Wildman–Crippen MR) is 77.8 cm³/mol. The number of aromatic nitrogens is 2. The van der Waals surface area contributed by atoms with E-state index in [2.05, 4.69) is 10.4 Å². The molecule has 20 heavy (non-hydrogen) atoms. The van der Waals surface area contributed by atoms with Gasteiger partial charge in [0.05, 0.1) is 18.9 Å². The first kappa shape index (κ1) is 14.1. The lowest BCUT2D eigenvalue weighted by Gasteiger charge is -2.11. The van der Waals surface area contributed by atoms with Gasteiger partial charge in [0.25, 0.3) is 0 Å². The molecule has 106 valence electrons. The van der Waals surface area contributed by atoms with Crippen LogP contribution in [0.4, 0.5) is 5.69 Å². The number of benzene rings is 1. The van der Waals surface area contributed by atoms with Crippen LogP contribution in [0.3, 0.4) is 0 Å². The SMILES string of the molecule is COC(=O)c1cc(C)ccc1NCc1cnn(C)c1C. The van der Waals surface area contributed by atoms with E-state index in [0.717, 1.165) is 22.5 Å². The van der Waals surface area contributed by atoms with Crippen molar-refractivity contribution in [3.63, 3.8) is 0 Å². The van der Waals surface area contributed by atoms with Crippen molar-refractivity contribution < 1.29 is 9.53 Å². The normalized spacial score (nSPS) is 10.4. The summed E-state index contributed by atoms with van der Waals surface area (Å²) in [5.74, 6) is -0.334. The summed E-state index contributed by atoms with van der Waals surface area (Å²) in [6.45, 7) is 4.58. The third-order valence-corrected chi connectivity index (χ3v) is 3.39. The zero-order chi connectivity index (χ0) is 14.7. The van der Waals surface area contributed by atoms with E-state index in [1.807, 2.05) is 50.0 Å². The summed E-state index contributed by atoms with van der Waals surface area (Å²) in [7, 11) is 3.30. The number of hydrogen-bond donors (Lipinski definition) is 1. The molecule has 0 saturated carbocycles. The maximum Gasteiger partial charge on any atom is 0.339 e. The number of carbonyl (C=O) groups is 1. The minimum Gasteiger partial charge on any atom is -0.465 e. The molecule has 1 N–H and O–H groups in total. The lowest BCUT2D eigenvalue weighted by molar-refractivity contribution is 0.0601. The second-order valence-corrected chi connectivity index (χ2v) is 4.77. The van der Waals surface area contributed by atoms with Gasteiger partial charge in [0.2, 0.25) is 0 Å². The maximum absolute atomic E-state index is 11.8. The second kappa shape index (κ2) is 5.77. The Hall–Kier alpha value is -2.30. The number of carbonyl (C=O) groups excluding carboxylic acids is 1. The number of hydrogen-bond acceptors (Lipinski definition) is 4. The van der Waals surface area contributed by atoms with E-state index < -0.39 is 0 Å². The minimum atomic E-state index is -0.334. The number of aryl methyl sites for hydroxylation is 2. The van der Waals surface area contributed by atoms with Crippen LogP contribution in [0, 0.1) is 13.8 Å². The number of ether oxygens (including phenoxy) is 1. The Kier molecular flexibility index (Phi) is 4.08. The van der Waals surface area contributed by atoms with Crippen LogP contribution < -0.4 is 5.32 Å². The quantitative estimate of drug-likeness (QED) is 0.869. The van der Waals surface area contributed by atoms with Crippen molar-refractivity contribution in [3.8, 4) is 0 Å². The largest absolute Gasteiger partial charge is 0.465 e. The van der Waals surface area contributed by atoms with Crippen LogP contribution in [0.15, 0.2) is 24.4 Å². The minimum absolute atomic E-state index is 0.334. The molecular formula is C15H19N3O2. The van der Waals surface area contributed by atoms with E-state index in [4.69, 9.17) is 4.74 Å². The molecule has 1 aromatic heterocycles. The van der Waals surface area contributed by atoms with Crippen molar-refractivity contribution in [1.82, 2.24) is 9.78 Å². The molecule has 0 fully saturated rings. The lowest BCUT2D eigenvalue weighted by Crippen LogP contribution is -2.09. The van der Waals surface area contributed by atoms with Gasteiger partial charge in [-0.2, -0.15) is 5.10 Å². The van der Waals surface area contributed by atoms with Gasteiger partial charge in [0.1, 0.15) is 0 Å². The standard InChI is InChI=1S/C15H19N3O2/c1-10-5-6-14(13(7-10)15(19)20-4)16-8-12-9-17-18(3)11(12)2/h5-7,9,16H,8H2,1-4H3. The van der Waals surface area contributed by atoms with Crippen molar-refractivity contribution in [1.29, 1.82) is 0 Å². The first-order valence-electron chi connectivity index (χ1n) is 6.43. The van der Waals surface area contributed by atoms with Gasteiger partial charge < -0.3 is 10.1 Å². The number of nitrogens with zero attached hydrogens (tertiary/aromatic N) is 2. The summed E-state index contributed by atoms with van der Waals surface area (Å²) in [4.78, 5) is 11.8. The molecule has 0 spiro atoms. The molecule has 0 unspecified atom stereocenters. The van der Waals surface area contributed by atoms with Crippen molar-refractivity contribution >= 4 is 11.7 Å². The molecule has 5 heteroatoms. The zero-order valence-corrected chi connectivity index (χ0v) is 12.2. The third-order valence-electron chi connectivity index (χ3n) is 3.39. The monoisotopic (exact) mass is 273 g/mol. The Morgan fingerprint density at radius 3 is 2.75 bits per heavy atom. The molecule has 0 bridgehead atoms. The van der Waals surface area contributed by atoms with Crippen molar-refractivity contribution in [2.75, 3.05) is 12.4 Å². The van der Waals surface area contributed by atoms with Crippen molar-refractivity contribution in [3.05, 3.63) is 46.8 Å². The molecule has 1 aromatic carbocycles. The highest BCUT2D eigenvalue weighted by molar-refractivity contribution is 5.95. The van der Waals surface area contributed by atoms with Gasteiger partial charge in [-0.1, -0.05) is 11.6 Å². The Balaban J connectivity index is 2.21. The Morgan fingerprint density at radius 1 is 1.40 bits per heavy atom. The smallest absolute Gasteiger partial charge is 0.339 e. The highest BCUT2D eigenvalue weighted by Crippen LogP contribution is 2.19. The van der Waals surface area contributed by atoms with Crippen LogP contribution in [0.1, 0.15) is 27.2 Å². The van der Waals surface area contributed by atoms with Gasteiger partial charge in [-0.05, 0) is 26.0 Å². The molecule has 5 nitrogen and oxygen atoms in total. The molecule has 1 heterocycles. The van der Waals surface area contributed by atoms with Crippen molar-refractivity contribution in [2.45, 2.75) is 20.4 Å². The fraction of sp³-hybridized carbons (Fsp3) is 0.333. The van der Waals surface area contributed by atoms with Gasteiger partial charge in [-0.25, -0.2) is 4.79 Å². The first-order chi connectivity index (χ1) is 9.52. The Morgan fingerprint density at radius 2 is 2.15 bits per heavy atom. The summed E-state index contributed by atoms with van der Waals surface area (Å²) in [5.41, 5.74) is 4.54. The van der Waals surface area contributed by atoms with E-state index >= 15 is 0 Å². The summed E-state index contributed by atoms with van der Waals surface area (Å²) in [6, 6.07) is 5.68. The Labute approximate surface area is 118 Å². The number of rotatable bonds is 4. The summed E-state index contributed by atoms with van der Waals surface area (Å²) in [5, 5.41) is 7.47. The average molecular weight is 273 g/mol. The van der Waals surface area contributed by atoms with E-state index in [-0.39, 0.29) is 5.97 Å². The van der Waals surface area contributed by atoms with Gasteiger partial charge in [-0.15, -0.1) is 0 Å². The van der Waals surface area contributed by atoms with Crippen LogP contribution in [-0.2, 0) is 18.3 Å². The van der Waals surface area contributed by atoms with Gasteiger partial charge in [0.15, 0.2) is 0 Å². The van der Waals surface area contributed by atoms with E-state index in [1.165, 1.54) is 7.11 Å². The van der Waals surface area contributed by atoms with Crippen LogP contribution in [0.2, 0.25) is 0 Å². The van der Waals surface area contributed by atoms with E-state index in [0.29, 0.717) is 12.1 Å². The Bertz CT molecular complexity index is 632. The molecule has 2 rings (SSSR count). The van der Waals surface area contributed by atoms with Crippen molar-refractivity contribution in [2.24, 2.45) is 7.05 Å². The second-order valence-electron chi connectivity index (χ2n) is 4.77. The number of esters is 1. The van der Waals surface area contributed by atoms with Gasteiger partial charge in [0, 0.05) is 30.5 Å². The van der Waals surface area contributed by atoms with Gasteiger partial charge in [-0.3, -0.25) is 4.68 Å². The molecule has 0 aliphatic heterocycles. The summed E-state index contributed by atoms with van der Waals surface area (Å²) < 4.78 is 6.64. The topological polar surface area (TPSA) is 56.1 Å². The first-order valence-corrected chi connectivity index (χ1v) is 6.43. The fourth-order valence-corrected chi connectivity index (χ4v) is 2.00. The van der Waals surface area contributed by atoms with E-state index in [9.17, 15) is 4.79 Å². The van der Waals surface area contributed by atoms with Crippen LogP contribution in [-0.4, -0.2) is 22.9 Å². The summed E-state index contributed by atoms with van der Waals surface area (Å²) in [6.07, 6.45) is 1.83. The molecule has 0 aliphatic carbocycles. The van der Waals surface area contributed by atoms with Crippen LogP contribution >= 0.6 is 0 Å². The number of nitrogens with one attached hydrogen (secondary N) is 1. The summed E-state index contributed by atoms with van der Waals surface area (Å²) >= 11 is 0. The number of methoxy groups -OCH3 is 1. The van der Waals surface area contributed by atoms with Crippen LogP contribution in [0.25, 0.3) is 0 Å². The molecule has 0 radical (unpaired) electrons. The molecule has 0 amide bonds. The molecule has 0 atom stereocenters.